The minimum Gasteiger partial charge on any atom is -0.391 e. The van der Waals surface area contributed by atoms with Crippen molar-refractivity contribution in [3.05, 3.63) is 0 Å². The maximum absolute atomic E-state index is 9.99. The first kappa shape index (κ1) is 10.6. The zero-order valence-corrected chi connectivity index (χ0v) is 7.16. The van der Waals surface area contributed by atoms with Gasteiger partial charge in [0.1, 0.15) is 6.29 Å². The molecule has 0 aromatic heterocycles. The summed E-state index contributed by atoms with van der Waals surface area (Å²) in [6.45, 7) is 4.07. The van der Waals surface area contributed by atoms with Crippen molar-refractivity contribution in [2.45, 2.75) is 38.8 Å². The molecule has 0 fully saturated rings. The Morgan fingerprint density at radius 1 is 1.55 bits per heavy atom. The van der Waals surface area contributed by atoms with Crippen LogP contribution in [0.2, 0.25) is 0 Å². The highest BCUT2D eigenvalue weighted by atomic mass is 16.3. The van der Waals surface area contributed by atoms with Gasteiger partial charge >= 0.3 is 0 Å². The number of rotatable bonds is 5. The van der Waals surface area contributed by atoms with E-state index in [2.05, 4.69) is 0 Å². The molecule has 66 valence electrons. The molecule has 0 aliphatic heterocycles. The zero-order chi connectivity index (χ0) is 8.85. The van der Waals surface area contributed by atoms with Crippen molar-refractivity contribution in [2.24, 2.45) is 11.7 Å². The van der Waals surface area contributed by atoms with Crippen molar-refractivity contribution in [3.63, 3.8) is 0 Å². The molecule has 2 atom stereocenters. The maximum Gasteiger partial charge on any atom is 0.122 e. The smallest absolute Gasteiger partial charge is 0.122 e. The first-order chi connectivity index (χ1) is 5.07. The van der Waals surface area contributed by atoms with Gasteiger partial charge in [-0.25, -0.2) is 0 Å². The Balaban J connectivity index is 3.62. The molecule has 0 aromatic carbocycles. The highest BCUT2D eigenvalue weighted by Gasteiger charge is 2.14. The van der Waals surface area contributed by atoms with Crippen LogP contribution < -0.4 is 5.73 Å². The van der Waals surface area contributed by atoms with Crippen molar-refractivity contribution < 1.29 is 9.90 Å². The lowest BCUT2D eigenvalue weighted by molar-refractivity contribution is -0.109. The summed E-state index contributed by atoms with van der Waals surface area (Å²) in [5.41, 5.74) is 5.60. The van der Waals surface area contributed by atoms with Crippen LogP contribution in [0.25, 0.3) is 0 Å². The van der Waals surface area contributed by atoms with Crippen molar-refractivity contribution >= 4 is 6.29 Å². The van der Waals surface area contributed by atoms with E-state index in [1.54, 1.807) is 0 Å². The molecule has 11 heavy (non-hydrogen) atoms. The van der Waals surface area contributed by atoms with E-state index in [1.165, 1.54) is 0 Å². The lowest BCUT2D eigenvalue weighted by Gasteiger charge is -2.18. The molecule has 0 spiro atoms. The van der Waals surface area contributed by atoms with E-state index in [4.69, 9.17) is 5.73 Å². The third kappa shape index (κ3) is 4.93. The Labute approximate surface area is 67.6 Å². The van der Waals surface area contributed by atoms with Crippen LogP contribution in [-0.2, 0) is 4.79 Å². The molecule has 3 heteroatoms. The second kappa shape index (κ2) is 5.27. The standard InChI is InChI=1S/C8H17NO2/c1-6(2)5-7(9)8(11)3-4-10/h4,6-8,11H,3,5,9H2,1-2H3/t7-,8-/m0/s1. The quantitative estimate of drug-likeness (QED) is 0.567. The van der Waals surface area contributed by atoms with Crippen LogP contribution in [0.5, 0.6) is 0 Å². The molecule has 3 N–H and O–H groups in total. The molecule has 0 saturated heterocycles. The summed E-state index contributed by atoms with van der Waals surface area (Å²) in [4.78, 5) is 9.99. The number of aliphatic hydroxyl groups is 1. The molecule has 0 aromatic rings. The average molecular weight is 159 g/mol. The number of carbonyl (C=O) groups is 1. The Morgan fingerprint density at radius 2 is 2.09 bits per heavy atom. The van der Waals surface area contributed by atoms with E-state index < -0.39 is 6.10 Å². The van der Waals surface area contributed by atoms with Crippen LogP contribution in [0.15, 0.2) is 0 Å². The summed E-state index contributed by atoms with van der Waals surface area (Å²) >= 11 is 0. The van der Waals surface area contributed by atoms with E-state index in [9.17, 15) is 9.90 Å². The molecule has 0 aliphatic carbocycles. The third-order valence-corrected chi connectivity index (χ3v) is 1.58. The average Bonchev–Trinajstić information content (AvgIpc) is 1.86. The fourth-order valence-electron chi connectivity index (χ4n) is 0.975. The molecule has 0 amide bonds. The molecule has 0 radical (unpaired) electrons. The van der Waals surface area contributed by atoms with Crippen molar-refractivity contribution in [3.8, 4) is 0 Å². The van der Waals surface area contributed by atoms with Crippen molar-refractivity contribution in [1.29, 1.82) is 0 Å². The molecular formula is C8H17NO2. The van der Waals surface area contributed by atoms with Crippen LogP contribution in [0.4, 0.5) is 0 Å². The molecule has 0 bridgehead atoms. The fraction of sp³-hybridized carbons (Fsp3) is 0.875. The second-order valence-corrected chi connectivity index (χ2v) is 3.26. The van der Waals surface area contributed by atoms with Crippen LogP contribution in [0, 0.1) is 5.92 Å². The number of hydrogen-bond acceptors (Lipinski definition) is 3. The Morgan fingerprint density at radius 3 is 2.45 bits per heavy atom. The van der Waals surface area contributed by atoms with Gasteiger partial charge in [0.2, 0.25) is 0 Å². The van der Waals surface area contributed by atoms with E-state index in [1.807, 2.05) is 13.8 Å². The zero-order valence-electron chi connectivity index (χ0n) is 7.16. The monoisotopic (exact) mass is 159 g/mol. The lowest BCUT2D eigenvalue weighted by Crippen LogP contribution is -2.35. The van der Waals surface area contributed by atoms with Crippen LogP contribution in [-0.4, -0.2) is 23.5 Å². The van der Waals surface area contributed by atoms with Gasteiger partial charge in [0.15, 0.2) is 0 Å². The SMILES string of the molecule is CC(C)C[C@H](N)[C@@H](O)CC=O. The minimum absolute atomic E-state index is 0.147. The first-order valence-corrected chi connectivity index (χ1v) is 3.95. The highest BCUT2D eigenvalue weighted by molar-refractivity contribution is 5.50. The van der Waals surface area contributed by atoms with Gasteiger partial charge in [-0.15, -0.1) is 0 Å². The summed E-state index contributed by atoms with van der Waals surface area (Å²) < 4.78 is 0. The summed E-state index contributed by atoms with van der Waals surface area (Å²) in [7, 11) is 0. The van der Waals surface area contributed by atoms with Gasteiger partial charge in [0.05, 0.1) is 6.10 Å². The van der Waals surface area contributed by atoms with Gasteiger partial charge in [-0.3, -0.25) is 0 Å². The van der Waals surface area contributed by atoms with E-state index in [0.29, 0.717) is 12.2 Å². The summed E-state index contributed by atoms with van der Waals surface area (Å²) in [5, 5.41) is 9.21. The van der Waals surface area contributed by atoms with Crippen LogP contribution >= 0.6 is 0 Å². The normalized spacial score (nSPS) is 16.5. The Kier molecular flexibility index (Phi) is 5.07. The molecule has 0 saturated carbocycles. The lowest BCUT2D eigenvalue weighted by atomic mass is 9.99. The number of aliphatic hydroxyl groups excluding tert-OH is 1. The van der Waals surface area contributed by atoms with E-state index in [-0.39, 0.29) is 12.5 Å². The van der Waals surface area contributed by atoms with Gasteiger partial charge in [0.25, 0.3) is 0 Å². The Hall–Kier alpha value is -0.410. The van der Waals surface area contributed by atoms with Gasteiger partial charge in [-0.2, -0.15) is 0 Å². The van der Waals surface area contributed by atoms with Crippen LogP contribution in [0.3, 0.4) is 0 Å². The predicted molar refractivity (Wildman–Crippen MR) is 44.1 cm³/mol. The first-order valence-electron chi connectivity index (χ1n) is 3.95. The highest BCUT2D eigenvalue weighted by Crippen LogP contribution is 2.07. The van der Waals surface area contributed by atoms with Gasteiger partial charge in [0, 0.05) is 12.5 Å². The van der Waals surface area contributed by atoms with Gasteiger partial charge < -0.3 is 15.6 Å². The largest absolute Gasteiger partial charge is 0.391 e. The van der Waals surface area contributed by atoms with Crippen LogP contribution in [0.1, 0.15) is 26.7 Å². The molecular weight excluding hydrogens is 142 g/mol. The number of nitrogens with two attached hydrogens (primary N) is 1. The number of aldehydes is 1. The van der Waals surface area contributed by atoms with Gasteiger partial charge in [-0.05, 0) is 12.3 Å². The summed E-state index contributed by atoms with van der Waals surface area (Å²) in [5.74, 6) is 0.464. The van der Waals surface area contributed by atoms with Crippen molar-refractivity contribution in [2.75, 3.05) is 0 Å². The number of carbonyl (C=O) groups excluding carboxylic acids is 1. The molecule has 0 rings (SSSR count). The fourth-order valence-corrected chi connectivity index (χ4v) is 0.975. The topological polar surface area (TPSA) is 63.3 Å². The molecule has 0 unspecified atom stereocenters. The molecule has 3 nitrogen and oxygen atoms in total. The van der Waals surface area contributed by atoms with Crippen molar-refractivity contribution in [1.82, 2.24) is 0 Å². The number of hydrogen-bond donors (Lipinski definition) is 2. The Bertz CT molecular complexity index is 115. The second-order valence-electron chi connectivity index (χ2n) is 3.26. The predicted octanol–water partition coefficient (Wildman–Crippen LogP) is 0.310. The van der Waals surface area contributed by atoms with E-state index >= 15 is 0 Å². The molecule has 0 heterocycles. The maximum atomic E-state index is 9.99. The van der Waals surface area contributed by atoms with Gasteiger partial charge in [-0.1, -0.05) is 13.8 Å². The third-order valence-electron chi connectivity index (χ3n) is 1.58. The molecule has 0 aliphatic rings. The summed E-state index contributed by atoms with van der Waals surface area (Å²) in [6.07, 6.45) is 0.934. The summed E-state index contributed by atoms with van der Waals surface area (Å²) in [6, 6.07) is -0.264. The van der Waals surface area contributed by atoms with E-state index in [0.717, 1.165) is 6.42 Å². The minimum atomic E-state index is -0.671.